The van der Waals surface area contributed by atoms with E-state index in [0.29, 0.717) is 0 Å². The molecular weight excluding hydrogens is 288 g/mol. The number of carbonyl (C=O) groups excluding carboxylic acids is 2. The third-order valence-electron chi connectivity index (χ3n) is 4.37. The molecule has 0 unspecified atom stereocenters. The van der Waals surface area contributed by atoms with E-state index in [1.54, 1.807) is 0 Å². The van der Waals surface area contributed by atoms with Crippen LogP contribution in [0.2, 0.25) is 0 Å². The van der Waals surface area contributed by atoms with Crippen molar-refractivity contribution >= 4 is 17.5 Å². The molecule has 1 aliphatic carbocycles. The fraction of sp³-hybridized carbons (Fsp3) is 0.579. The Morgan fingerprint density at radius 3 is 2.17 bits per heavy atom. The van der Waals surface area contributed by atoms with Crippen LogP contribution < -0.4 is 10.6 Å². The van der Waals surface area contributed by atoms with Gasteiger partial charge in [-0.25, -0.2) is 0 Å². The summed E-state index contributed by atoms with van der Waals surface area (Å²) in [6, 6.07) is 7.77. The lowest BCUT2D eigenvalue weighted by Gasteiger charge is -2.29. The van der Waals surface area contributed by atoms with Gasteiger partial charge in [0.1, 0.15) is 0 Å². The maximum atomic E-state index is 12.8. The van der Waals surface area contributed by atoms with Gasteiger partial charge in [0.15, 0.2) is 0 Å². The number of rotatable bonds is 4. The van der Waals surface area contributed by atoms with E-state index in [2.05, 4.69) is 10.6 Å². The van der Waals surface area contributed by atoms with Crippen LogP contribution in [0.25, 0.3) is 0 Å². The van der Waals surface area contributed by atoms with E-state index >= 15 is 0 Å². The molecule has 2 N–H and O–H groups in total. The first-order valence-corrected chi connectivity index (χ1v) is 8.39. The predicted molar refractivity (Wildman–Crippen MR) is 93.2 cm³/mol. The minimum Gasteiger partial charge on any atom is -0.351 e. The van der Waals surface area contributed by atoms with Crippen LogP contribution in [0.4, 0.5) is 5.69 Å². The monoisotopic (exact) mass is 316 g/mol. The lowest BCUT2D eigenvalue weighted by Crippen LogP contribution is -2.45. The van der Waals surface area contributed by atoms with E-state index < -0.39 is 5.41 Å². The summed E-state index contributed by atoms with van der Waals surface area (Å²) in [6.45, 7) is 7.89. The van der Waals surface area contributed by atoms with Crippen LogP contribution >= 0.6 is 0 Å². The van der Waals surface area contributed by atoms with E-state index in [9.17, 15) is 9.59 Å². The van der Waals surface area contributed by atoms with Crippen molar-refractivity contribution in [1.82, 2.24) is 5.32 Å². The van der Waals surface area contributed by atoms with E-state index in [1.165, 1.54) is 0 Å². The van der Waals surface area contributed by atoms with Crippen molar-refractivity contribution in [3.63, 3.8) is 0 Å². The van der Waals surface area contributed by atoms with Gasteiger partial charge in [0.2, 0.25) is 11.8 Å². The number of carbonyl (C=O) groups is 2. The molecule has 0 aromatic heterocycles. The van der Waals surface area contributed by atoms with Gasteiger partial charge in [-0.05, 0) is 52.7 Å². The molecule has 1 aromatic carbocycles. The van der Waals surface area contributed by atoms with Crippen LogP contribution in [0.15, 0.2) is 24.3 Å². The minimum absolute atomic E-state index is 0.0251. The molecule has 1 aromatic rings. The molecule has 0 spiro atoms. The molecule has 0 saturated heterocycles. The van der Waals surface area contributed by atoms with Crippen LogP contribution in [-0.4, -0.2) is 17.4 Å². The Morgan fingerprint density at radius 2 is 1.65 bits per heavy atom. The molecule has 1 fully saturated rings. The number of aryl methyl sites for hydroxylation is 1. The van der Waals surface area contributed by atoms with Gasteiger partial charge in [0.25, 0.3) is 0 Å². The van der Waals surface area contributed by atoms with Crippen molar-refractivity contribution < 1.29 is 9.59 Å². The van der Waals surface area contributed by atoms with Crippen LogP contribution in [0.5, 0.6) is 0 Å². The standard InChI is InChI=1S/C19H28N2O2/c1-14-7-9-15(10-8-14)20-17(23)19(11-5-6-12-19)13-16(22)21-18(2,3)4/h7-10H,5-6,11-13H2,1-4H3,(H,20,23)(H,21,22). The topological polar surface area (TPSA) is 58.2 Å². The van der Waals surface area contributed by atoms with Gasteiger partial charge < -0.3 is 10.6 Å². The van der Waals surface area contributed by atoms with Crippen LogP contribution in [0, 0.1) is 12.3 Å². The van der Waals surface area contributed by atoms with Crippen LogP contribution in [0.1, 0.15) is 58.4 Å². The smallest absolute Gasteiger partial charge is 0.231 e. The van der Waals surface area contributed by atoms with Crippen molar-refractivity contribution in [1.29, 1.82) is 0 Å². The number of amides is 2. The van der Waals surface area contributed by atoms with Crippen LogP contribution in [0.3, 0.4) is 0 Å². The third kappa shape index (κ3) is 4.81. The molecule has 2 rings (SSSR count). The van der Waals surface area contributed by atoms with Crippen LogP contribution in [-0.2, 0) is 9.59 Å². The number of anilines is 1. The summed E-state index contributed by atoms with van der Waals surface area (Å²) in [6.07, 6.45) is 3.83. The second-order valence-electron chi connectivity index (χ2n) is 7.78. The molecule has 4 nitrogen and oxygen atoms in total. The molecule has 1 aliphatic rings. The first kappa shape index (κ1) is 17.5. The van der Waals surface area contributed by atoms with E-state index in [1.807, 2.05) is 52.0 Å². The highest BCUT2D eigenvalue weighted by Crippen LogP contribution is 2.42. The summed E-state index contributed by atoms with van der Waals surface area (Å²) < 4.78 is 0. The van der Waals surface area contributed by atoms with E-state index in [4.69, 9.17) is 0 Å². The van der Waals surface area contributed by atoms with Gasteiger partial charge in [-0.1, -0.05) is 30.5 Å². The van der Waals surface area contributed by atoms with Crippen molar-refractivity contribution in [2.45, 2.75) is 65.3 Å². The molecule has 0 heterocycles. The Labute approximate surface area is 139 Å². The van der Waals surface area contributed by atoms with Gasteiger partial charge in [0, 0.05) is 17.6 Å². The number of benzene rings is 1. The average molecular weight is 316 g/mol. The van der Waals surface area contributed by atoms with Crippen molar-refractivity contribution in [3.05, 3.63) is 29.8 Å². The molecule has 23 heavy (non-hydrogen) atoms. The molecule has 126 valence electrons. The highest BCUT2D eigenvalue weighted by atomic mass is 16.2. The van der Waals surface area contributed by atoms with Gasteiger partial charge in [-0.3, -0.25) is 9.59 Å². The summed E-state index contributed by atoms with van der Waals surface area (Å²) in [5.41, 5.74) is 1.11. The summed E-state index contributed by atoms with van der Waals surface area (Å²) in [5.74, 6) is -0.0682. The third-order valence-corrected chi connectivity index (χ3v) is 4.37. The normalized spacial score (nSPS) is 16.9. The lowest BCUT2D eigenvalue weighted by molar-refractivity contribution is -0.133. The zero-order chi connectivity index (χ0) is 17.1. The first-order valence-electron chi connectivity index (χ1n) is 8.39. The largest absolute Gasteiger partial charge is 0.351 e. The SMILES string of the molecule is Cc1ccc(NC(=O)C2(CC(=O)NC(C)(C)C)CCCC2)cc1. The molecular formula is C19H28N2O2. The maximum Gasteiger partial charge on any atom is 0.231 e. The summed E-state index contributed by atoms with van der Waals surface area (Å²) in [4.78, 5) is 25.2. The predicted octanol–water partition coefficient (Wildman–Crippen LogP) is 3.80. The van der Waals surface area contributed by atoms with Crippen molar-refractivity contribution in [2.75, 3.05) is 5.32 Å². The quantitative estimate of drug-likeness (QED) is 0.887. The summed E-state index contributed by atoms with van der Waals surface area (Å²) in [7, 11) is 0. The molecule has 0 aliphatic heterocycles. The average Bonchev–Trinajstić information content (AvgIpc) is 2.89. The Balaban J connectivity index is 2.08. The Hall–Kier alpha value is -1.84. The van der Waals surface area contributed by atoms with Gasteiger partial charge in [0.05, 0.1) is 5.41 Å². The highest BCUT2D eigenvalue weighted by molar-refractivity contribution is 5.98. The molecule has 0 atom stereocenters. The van der Waals surface area contributed by atoms with Crippen molar-refractivity contribution in [3.8, 4) is 0 Å². The zero-order valence-corrected chi connectivity index (χ0v) is 14.7. The maximum absolute atomic E-state index is 12.8. The molecule has 1 saturated carbocycles. The van der Waals surface area contributed by atoms with Gasteiger partial charge >= 0.3 is 0 Å². The summed E-state index contributed by atoms with van der Waals surface area (Å²) in [5, 5.41) is 5.98. The molecule has 4 heteroatoms. The Morgan fingerprint density at radius 1 is 1.09 bits per heavy atom. The molecule has 0 radical (unpaired) electrons. The second kappa shape index (κ2) is 6.73. The highest BCUT2D eigenvalue weighted by Gasteiger charge is 2.43. The van der Waals surface area contributed by atoms with Gasteiger partial charge in [-0.15, -0.1) is 0 Å². The minimum atomic E-state index is -0.569. The lowest BCUT2D eigenvalue weighted by atomic mass is 9.81. The Kier molecular flexibility index (Phi) is 5.12. The zero-order valence-electron chi connectivity index (χ0n) is 14.7. The Bertz CT molecular complexity index is 564. The van der Waals surface area contributed by atoms with Crippen molar-refractivity contribution in [2.24, 2.45) is 5.41 Å². The number of nitrogens with one attached hydrogen (secondary N) is 2. The first-order chi connectivity index (χ1) is 10.7. The number of hydrogen-bond acceptors (Lipinski definition) is 2. The second-order valence-corrected chi connectivity index (χ2v) is 7.78. The summed E-state index contributed by atoms with van der Waals surface area (Å²) >= 11 is 0. The number of hydrogen-bond donors (Lipinski definition) is 2. The fourth-order valence-corrected chi connectivity index (χ4v) is 3.21. The van der Waals surface area contributed by atoms with Gasteiger partial charge in [-0.2, -0.15) is 0 Å². The van der Waals surface area contributed by atoms with E-state index in [0.717, 1.165) is 36.9 Å². The molecule has 0 bridgehead atoms. The molecule has 2 amide bonds. The fourth-order valence-electron chi connectivity index (χ4n) is 3.21. The van der Waals surface area contributed by atoms with E-state index in [-0.39, 0.29) is 23.8 Å².